The van der Waals surface area contributed by atoms with Crippen LogP contribution in [0, 0.1) is 0 Å². The predicted molar refractivity (Wildman–Crippen MR) is 38.8 cm³/mol. The highest BCUT2D eigenvalue weighted by Gasteiger charge is 1.83. The second-order valence-corrected chi connectivity index (χ2v) is 2.09. The van der Waals surface area contributed by atoms with E-state index in [9.17, 15) is 0 Å². The molecule has 0 heterocycles. The molecule has 0 aromatic carbocycles. The Morgan fingerprint density at radius 3 is 2.62 bits per heavy atom. The number of rotatable bonds is 3. The van der Waals surface area contributed by atoms with Crippen LogP contribution >= 0.6 is 21.7 Å². The van der Waals surface area contributed by atoms with Gasteiger partial charge in [-0.2, -0.15) is 0 Å². The first-order chi connectivity index (χ1) is 3.85. The molecule has 0 saturated carbocycles. The monoisotopic (exact) mass is 150 g/mol. The summed E-state index contributed by atoms with van der Waals surface area (Å²) >= 11 is 0. The van der Waals surface area contributed by atoms with Crippen LogP contribution in [0.15, 0.2) is 23.6 Å². The fourth-order valence-electron chi connectivity index (χ4n) is 0.207. The summed E-state index contributed by atoms with van der Waals surface area (Å²) < 4.78 is 0. The molecule has 1 nitrogen and oxygen atoms in total. The number of halogens is 1. The Labute approximate surface area is 57.5 Å². The quantitative estimate of drug-likeness (QED) is 0.621. The van der Waals surface area contributed by atoms with Crippen molar-refractivity contribution in [3.8, 4) is 0 Å². The third-order valence-corrected chi connectivity index (χ3v) is 1.30. The second-order valence-electron chi connectivity index (χ2n) is 1.14. The van der Waals surface area contributed by atoms with E-state index >= 15 is 0 Å². The van der Waals surface area contributed by atoms with Crippen molar-refractivity contribution in [2.75, 3.05) is 6.61 Å². The van der Waals surface area contributed by atoms with Crippen molar-refractivity contribution in [2.24, 2.45) is 0 Å². The van der Waals surface area contributed by atoms with Crippen molar-refractivity contribution in [3.63, 3.8) is 0 Å². The summed E-state index contributed by atoms with van der Waals surface area (Å²) in [5.41, 5.74) is 0.741. The molecule has 0 spiro atoms. The Morgan fingerprint density at radius 2 is 2.50 bits per heavy atom. The van der Waals surface area contributed by atoms with Crippen molar-refractivity contribution < 1.29 is 5.11 Å². The van der Waals surface area contributed by atoms with E-state index in [-0.39, 0.29) is 6.61 Å². The molecule has 46 valence electrons. The van der Waals surface area contributed by atoms with Gasteiger partial charge in [0.1, 0.15) is 0 Å². The summed E-state index contributed by atoms with van der Waals surface area (Å²) in [7, 11) is 6.27. The molecule has 0 aliphatic heterocycles. The molecule has 0 atom stereocenters. The molecule has 0 rings (SSSR count). The molecule has 0 aromatic rings. The first-order valence-corrected chi connectivity index (χ1v) is 3.75. The fraction of sp³-hybridized carbons (Fsp3) is 0.200. The molecule has 3 heteroatoms. The zero-order valence-electron chi connectivity index (χ0n) is 4.30. The smallest absolute Gasteiger partial charge is 0.0687 e. The van der Waals surface area contributed by atoms with Crippen molar-refractivity contribution in [3.05, 3.63) is 23.6 Å². The van der Waals surface area contributed by atoms with Crippen molar-refractivity contribution >= 4 is 21.7 Å². The Bertz CT molecular complexity index is 101. The zero-order chi connectivity index (χ0) is 6.41. The highest BCUT2D eigenvalue weighted by molar-refractivity contribution is 8.23. The third kappa shape index (κ3) is 3.13. The molecule has 0 amide bonds. The molecular weight excluding hydrogens is 144 g/mol. The van der Waals surface area contributed by atoms with Crippen LogP contribution in [-0.2, 0) is 0 Å². The highest BCUT2D eigenvalue weighted by atomic mass is 35.7. The number of hydrogen-bond acceptors (Lipinski definition) is 2. The van der Waals surface area contributed by atoms with Gasteiger partial charge in [0.15, 0.2) is 0 Å². The van der Waals surface area contributed by atoms with Crippen molar-refractivity contribution in [2.45, 2.75) is 0 Å². The maximum atomic E-state index is 8.45. The summed E-state index contributed by atoms with van der Waals surface area (Å²) in [5.74, 6) is 0. The number of aliphatic hydroxyl groups is 1. The van der Waals surface area contributed by atoms with Crippen LogP contribution in [0.4, 0.5) is 0 Å². The standard InChI is InChI=1S/C5H7ClOS/c1-2-5(3-7)4-8-6/h2,4,7H,1,3H2/b5-4+. The fourth-order valence-corrected chi connectivity index (χ4v) is 0.836. The van der Waals surface area contributed by atoms with Gasteiger partial charge in [0.25, 0.3) is 0 Å². The summed E-state index contributed by atoms with van der Waals surface area (Å²) in [6, 6.07) is 0. The van der Waals surface area contributed by atoms with Crippen molar-refractivity contribution in [1.82, 2.24) is 0 Å². The van der Waals surface area contributed by atoms with Gasteiger partial charge >= 0.3 is 0 Å². The van der Waals surface area contributed by atoms with Gasteiger partial charge in [-0.3, -0.25) is 0 Å². The largest absolute Gasteiger partial charge is 0.392 e. The van der Waals surface area contributed by atoms with Crippen LogP contribution in [0.1, 0.15) is 0 Å². The van der Waals surface area contributed by atoms with Crippen LogP contribution in [0.2, 0.25) is 0 Å². The van der Waals surface area contributed by atoms with Crippen LogP contribution < -0.4 is 0 Å². The van der Waals surface area contributed by atoms with E-state index in [0.717, 1.165) is 16.5 Å². The van der Waals surface area contributed by atoms with E-state index in [2.05, 4.69) is 6.58 Å². The van der Waals surface area contributed by atoms with E-state index in [0.29, 0.717) is 0 Å². The van der Waals surface area contributed by atoms with Gasteiger partial charge in [-0.25, -0.2) is 0 Å². The number of aliphatic hydroxyl groups excluding tert-OH is 1. The van der Waals surface area contributed by atoms with Gasteiger partial charge in [-0.05, 0) is 32.6 Å². The van der Waals surface area contributed by atoms with Gasteiger partial charge in [0.05, 0.1) is 6.61 Å². The first-order valence-electron chi connectivity index (χ1n) is 2.05. The third-order valence-electron chi connectivity index (χ3n) is 0.641. The maximum Gasteiger partial charge on any atom is 0.0687 e. The van der Waals surface area contributed by atoms with Crippen LogP contribution in [0.25, 0.3) is 0 Å². The zero-order valence-corrected chi connectivity index (χ0v) is 5.87. The SMILES string of the molecule is C=C/C(=C\SCl)CO. The lowest BCUT2D eigenvalue weighted by Gasteiger charge is -1.89. The summed E-state index contributed by atoms with van der Waals surface area (Å²) in [4.78, 5) is 0. The molecule has 0 aromatic heterocycles. The molecule has 8 heavy (non-hydrogen) atoms. The summed E-state index contributed by atoms with van der Waals surface area (Å²) in [6.45, 7) is 3.45. The lowest BCUT2D eigenvalue weighted by molar-refractivity contribution is 0.335. The van der Waals surface area contributed by atoms with Crippen LogP contribution in [0.5, 0.6) is 0 Å². The van der Waals surface area contributed by atoms with Crippen molar-refractivity contribution in [1.29, 1.82) is 0 Å². The van der Waals surface area contributed by atoms with Gasteiger partial charge < -0.3 is 5.11 Å². The molecule has 0 saturated heterocycles. The molecular formula is C5H7ClOS. The van der Waals surface area contributed by atoms with E-state index in [4.69, 9.17) is 15.8 Å². The van der Waals surface area contributed by atoms with E-state index in [1.165, 1.54) is 0 Å². The van der Waals surface area contributed by atoms with E-state index < -0.39 is 0 Å². The first kappa shape index (κ1) is 8.08. The normalized spacial score (nSPS) is 11.5. The van der Waals surface area contributed by atoms with Gasteiger partial charge in [-0.1, -0.05) is 12.7 Å². The average Bonchev–Trinajstić information content (AvgIpc) is 1.83. The van der Waals surface area contributed by atoms with E-state index in [1.807, 2.05) is 0 Å². The Balaban J connectivity index is 3.66. The number of hydrogen-bond donors (Lipinski definition) is 1. The Morgan fingerprint density at radius 1 is 1.88 bits per heavy atom. The minimum Gasteiger partial charge on any atom is -0.392 e. The lowest BCUT2D eigenvalue weighted by atomic mass is 10.3. The minimum absolute atomic E-state index is 0.00319. The van der Waals surface area contributed by atoms with Gasteiger partial charge in [-0.15, -0.1) is 0 Å². The second kappa shape index (κ2) is 5.22. The Hall–Kier alpha value is 0.0800. The highest BCUT2D eigenvalue weighted by Crippen LogP contribution is 2.11. The molecule has 0 aliphatic rings. The minimum atomic E-state index is 0.00319. The Kier molecular flexibility index (Phi) is 5.27. The van der Waals surface area contributed by atoms with Crippen LogP contribution in [0.3, 0.4) is 0 Å². The molecule has 0 fully saturated rings. The van der Waals surface area contributed by atoms with Gasteiger partial charge in [0.2, 0.25) is 0 Å². The molecule has 0 aliphatic carbocycles. The molecule has 1 N–H and O–H groups in total. The topological polar surface area (TPSA) is 20.2 Å². The van der Waals surface area contributed by atoms with Crippen LogP contribution in [-0.4, -0.2) is 11.7 Å². The summed E-state index contributed by atoms with van der Waals surface area (Å²) in [5, 5.41) is 10.1. The maximum absolute atomic E-state index is 8.45. The summed E-state index contributed by atoms with van der Waals surface area (Å²) in [6.07, 6.45) is 1.56. The van der Waals surface area contributed by atoms with Gasteiger partial charge in [0, 0.05) is 0 Å². The molecule has 0 bridgehead atoms. The average molecular weight is 151 g/mol. The lowest BCUT2D eigenvalue weighted by Crippen LogP contribution is -1.81. The molecule has 0 radical (unpaired) electrons. The van der Waals surface area contributed by atoms with E-state index in [1.54, 1.807) is 11.5 Å². The predicted octanol–water partition coefficient (Wildman–Crippen LogP) is 1.94. The molecule has 0 unspecified atom stereocenters.